The lowest BCUT2D eigenvalue weighted by Gasteiger charge is -2.25. The molecular formula is C62H110N2O6P+. The van der Waals surface area contributed by atoms with Gasteiger partial charge in [-0.05, 0) is 89.9 Å². The number of aliphatic hydroxyl groups is 1. The van der Waals surface area contributed by atoms with E-state index in [1.54, 1.807) is 6.08 Å². The predicted molar refractivity (Wildman–Crippen MR) is 309 cm³/mol. The van der Waals surface area contributed by atoms with E-state index in [9.17, 15) is 19.4 Å². The van der Waals surface area contributed by atoms with Gasteiger partial charge < -0.3 is 19.8 Å². The van der Waals surface area contributed by atoms with Crippen LogP contribution in [-0.2, 0) is 18.4 Å². The number of rotatable bonds is 51. The minimum absolute atomic E-state index is 0.0496. The minimum atomic E-state index is -4.36. The number of nitrogens with zero attached hydrogens (tertiary/aromatic N) is 1. The fourth-order valence-corrected chi connectivity index (χ4v) is 8.48. The van der Waals surface area contributed by atoms with Crippen molar-refractivity contribution < 1.29 is 32.9 Å². The molecule has 9 heteroatoms. The zero-order chi connectivity index (χ0) is 52.0. The van der Waals surface area contributed by atoms with Gasteiger partial charge in [0.05, 0.1) is 39.9 Å². The average Bonchev–Trinajstić information content (AvgIpc) is 3.33. The Morgan fingerprint density at radius 2 is 0.859 bits per heavy atom. The number of quaternary nitrogens is 1. The van der Waals surface area contributed by atoms with E-state index >= 15 is 0 Å². The molecule has 3 atom stereocenters. The fraction of sp³-hybridized carbons (Fsp3) is 0.694. The standard InChI is InChI=1S/C62H109N2O6P/c1-6-8-10-12-14-16-18-20-22-24-26-27-28-29-30-31-32-33-34-35-36-37-38-40-42-44-46-48-50-52-54-56-62(66)63-60(59-70-71(67,68)69-58-57-64(3,4)5)61(65)55-53-51-49-47-45-43-41-39-25-23-21-19-17-15-13-11-9-7-2/h8,10,14,16,20,22,26-27,29-30,32-33,35-36,45,47,53,55,60-61,65H,6-7,9,11-13,15,17-19,21,23-25,28,31,34,37-44,46,48-52,54,56-59H2,1-5H3,(H-,63,66,67,68)/p+1/b10-8-,16-14-,22-20-,27-26-,30-29-,33-32-,36-35-,47-45+,55-53+. The maximum absolute atomic E-state index is 13.0. The van der Waals surface area contributed by atoms with Gasteiger partial charge in [0.1, 0.15) is 13.2 Å². The molecule has 1 amide bonds. The van der Waals surface area contributed by atoms with Crippen LogP contribution in [0.25, 0.3) is 0 Å². The van der Waals surface area contributed by atoms with E-state index in [1.807, 2.05) is 27.2 Å². The van der Waals surface area contributed by atoms with Gasteiger partial charge in [0.2, 0.25) is 5.91 Å². The monoisotopic (exact) mass is 1010 g/mol. The number of aliphatic hydroxyl groups excluding tert-OH is 1. The largest absolute Gasteiger partial charge is 0.472 e. The third kappa shape index (κ3) is 54.8. The Balaban J connectivity index is 4.26. The summed E-state index contributed by atoms with van der Waals surface area (Å²) < 4.78 is 23.7. The van der Waals surface area contributed by atoms with Gasteiger partial charge in [0.25, 0.3) is 0 Å². The first-order valence-electron chi connectivity index (χ1n) is 28.8. The molecule has 0 heterocycles. The van der Waals surface area contributed by atoms with Crippen molar-refractivity contribution >= 4 is 13.7 Å². The number of amides is 1. The highest BCUT2D eigenvalue weighted by Crippen LogP contribution is 2.43. The number of phosphoric acid groups is 1. The molecule has 0 aromatic rings. The molecule has 0 aliphatic rings. The maximum Gasteiger partial charge on any atom is 0.472 e. The number of unbranched alkanes of at least 4 members (excludes halogenated alkanes) is 22. The van der Waals surface area contributed by atoms with Crippen molar-refractivity contribution in [2.45, 2.75) is 238 Å². The van der Waals surface area contributed by atoms with E-state index in [4.69, 9.17) is 9.05 Å². The maximum atomic E-state index is 13.0. The van der Waals surface area contributed by atoms with Crippen LogP contribution in [0.15, 0.2) is 109 Å². The molecular weight excluding hydrogens is 900 g/mol. The van der Waals surface area contributed by atoms with E-state index in [-0.39, 0.29) is 19.1 Å². The highest BCUT2D eigenvalue weighted by atomic mass is 31.2. The van der Waals surface area contributed by atoms with Crippen molar-refractivity contribution in [3.05, 3.63) is 109 Å². The second-order valence-electron chi connectivity index (χ2n) is 20.3. The number of hydrogen-bond donors (Lipinski definition) is 3. The van der Waals surface area contributed by atoms with Crippen LogP contribution in [0.2, 0.25) is 0 Å². The molecule has 71 heavy (non-hydrogen) atoms. The first kappa shape index (κ1) is 68.2. The molecule has 0 aromatic heterocycles. The Kier molecular flexibility index (Phi) is 50.0. The number of carbonyl (C=O) groups excluding carboxylic acids is 1. The van der Waals surface area contributed by atoms with E-state index < -0.39 is 20.0 Å². The van der Waals surface area contributed by atoms with Crippen LogP contribution in [-0.4, -0.2) is 73.4 Å². The lowest BCUT2D eigenvalue weighted by Crippen LogP contribution is -2.45. The van der Waals surface area contributed by atoms with Crippen LogP contribution in [0, 0.1) is 0 Å². The lowest BCUT2D eigenvalue weighted by atomic mass is 10.0. The summed E-state index contributed by atoms with van der Waals surface area (Å²) in [5.74, 6) is -0.197. The van der Waals surface area contributed by atoms with E-state index in [0.29, 0.717) is 17.4 Å². The predicted octanol–water partition coefficient (Wildman–Crippen LogP) is 17.6. The molecule has 0 saturated carbocycles. The zero-order valence-electron chi connectivity index (χ0n) is 46.4. The summed E-state index contributed by atoms with van der Waals surface area (Å²) in [6.07, 6.45) is 76.1. The van der Waals surface area contributed by atoms with Gasteiger partial charge in [-0.25, -0.2) is 4.57 Å². The molecule has 8 nitrogen and oxygen atoms in total. The second-order valence-corrected chi connectivity index (χ2v) is 21.7. The van der Waals surface area contributed by atoms with Gasteiger partial charge in [-0.1, -0.05) is 239 Å². The summed E-state index contributed by atoms with van der Waals surface area (Å²) in [6, 6.07) is -0.874. The molecule has 3 N–H and O–H groups in total. The summed E-state index contributed by atoms with van der Waals surface area (Å²) in [6.45, 7) is 4.67. The van der Waals surface area contributed by atoms with Crippen LogP contribution in [0.5, 0.6) is 0 Å². The molecule has 0 radical (unpaired) electrons. The molecule has 0 fully saturated rings. The van der Waals surface area contributed by atoms with E-state index in [0.717, 1.165) is 89.9 Å². The summed E-state index contributed by atoms with van der Waals surface area (Å²) in [5.41, 5.74) is 0. The highest BCUT2D eigenvalue weighted by Gasteiger charge is 2.27. The Morgan fingerprint density at radius 1 is 0.493 bits per heavy atom. The quantitative estimate of drug-likeness (QED) is 0.0243. The molecule has 0 aliphatic carbocycles. The smallest absolute Gasteiger partial charge is 0.387 e. The second kappa shape index (κ2) is 52.0. The Hall–Kier alpha value is -2.84. The van der Waals surface area contributed by atoms with Gasteiger partial charge >= 0.3 is 7.82 Å². The number of hydrogen-bond acceptors (Lipinski definition) is 5. The molecule has 408 valence electrons. The fourth-order valence-electron chi connectivity index (χ4n) is 7.74. The lowest BCUT2D eigenvalue weighted by molar-refractivity contribution is -0.870. The topological polar surface area (TPSA) is 105 Å². The van der Waals surface area contributed by atoms with Crippen molar-refractivity contribution in [2.75, 3.05) is 40.9 Å². The molecule has 3 unspecified atom stereocenters. The number of carbonyl (C=O) groups is 1. The molecule has 0 saturated heterocycles. The van der Waals surface area contributed by atoms with E-state index in [1.165, 1.54) is 116 Å². The molecule has 0 aliphatic heterocycles. The molecule has 0 spiro atoms. The van der Waals surface area contributed by atoms with Gasteiger partial charge in [0.15, 0.2) is 0 Å². The van der Waals surface area contributed by atoms with Crippen LogP contribution in [0.3, 0.4) is 0 Å². The van der Waals surface area contributed by atoms with Crippen LogP contribution in [0.1, 0.15) is 226 Å². The normalized spacial score (nSPS) is 14.7. The SMILES string of the molecule is CC/C=C\C/C=C\C/C=C\C/C=C\C/C=C\C/C=C\C/C=C\CCCCCCCCCCCC(=O)NC(COP(=O)(O)OCC[N+](C)(C)C)C(O)/C=C/CC/C=C/CCCCCCCCCCCCCC. The minimum Gasteiger partial charge on any atom is -0.387 e. The Labute approximate surface area is 438 Å². The summed E-state index contributed by atoms with van der Waals surface area (Å²) in [7, 11) is 1.54. The number of allylic oxidation sites excluding steroid dienone is 17. The third-order valence-corrected chi connectivity index (χ3v) is 13.2. The van der Waals surface area contributed by atoms with Crippen molar-refractivity contribution in [3.8, 4) is 0 Å². The van der Waals surface area contributed by atoms with Gasteiger partial charge in [0, 0.05) is 6.42 Å². The van der Waals surface area contributed by atoms with Gasteiger partial charge in [-0.15, -0.1) is 0 Å². The van der Waals surface area contributed by atoms with Crippen molar-refractivity contribution in [1.29, 1.82) is 0 Å². The summed E-state index contributed by atoms with van der Waals surface area (Å²) in [5, 5.41) is 13.9. The average molecular weight is 1010 g/mol. The summed E-state index contributed by atoms with van der Waals surface area (Å²) >= 11 is 0. The van der Waals surface area contributed by atoms with Crippen molar-refractivity contribution in [3.63, 3.8) is 0 Å². The number of nitrogens with one attached hydrogen (secondary N) is 1. The first-order valence-corrected chi connectivity index (χ1v) is 30.3. The van der Waals surface area contributed by atoms with Crippen molar-refractivity contribution in [1.82, 2.24) is 5.32 Å². The molecule has 0 bridgehead atoms. The summed E-state index contributed by atoms with van der Waals surface area (Å²) in [4.78, 5) is 23.3. The van der Waals surface area contributed by atoms with Gasteiger partial charge in [-0.2, -0.15) is 0 Å². The Bertz CT molecular complexity index is 1520. The third-order valence-electron chi connectivity index (χ3n) is 12.2. The van der Waals surface area contributed by atoms with Crippen LogP contribution in [0.4, 0.5) is 0 Å². The zero-order valence-corrected chi connectivity index (χ0v) is 47.3. The number of likely N-dealkylation sites (N-methyl/N-ethyl adjacent to an activating group) is 1. The van der Waals surface area contributed by atoms with Crippen molar-refractivity contribution in [2.24, 2.45) is 0 Å². The van der Waals surface area contributed by atoms with E-state index in [2.05, 4.69) is 116 Å². The number of phosphoric ester groups is 1. The highest BCUT2D eigenvalue weighted by molar-refractivity contribution is 7.47. The molecule has 0 rings (SSSR count). The van der Waals surface area contributed by atoms with Crippen LogP contribution >= 0.6 is 7.82 Å². The molecule has 0 aromatic carbocycles. The Morgan fingerprint density at radius 3 is 1.30 bits per heavy atom. The van der Waals surface area contributed by atoms with Gasteiger partial charge in [-0.3, -0.25) is 13.8 Å². The van der Waals surface area contributed by atoms with Crippen LogP contribution < -0.4 is 5.32 Å². The first-order chi connectivity index (χ1) is 34.5.